The summed E-state index contributed by atoms with van der Waals surface area (Å²) in [5.41, 5.74) is 5.93. The summed E-state index contributed by atoms with van der Waals surface area (Å²) in [5, 5.41) is 11.4. The lowest BCUT2D eigenvalue weighted by atomic mass is 9.95. The highest BCUT2D eigenvalue weighted by Crippen LogP contribution is 2.26. The van der Waals surface area contributed by atoms with Crippen LogP contribution in [0.2, 0.25) is 0 Å². The third-order valence-corrected chi connectivity index (χ3v) is 3.84. The molecular weight excluding hydrogens is 346 g/mol. The van der Waals surface area contributed by atoms with E-state index in [1.165, 1.54) is 36.7 Å². The fourth-order valence-corrected chi connectivity index (χ4v) is 2.57. The SMILES string of the molecule is O=C(NNC(=O)c1ccccc1-c1ccccc1C(=O)[O-])c1ccncc1. The smallest absolute Gasteiger partial charge is 0.270 e. The van der Waals surface area contributed by atoms with Gasteiger partial charge in [-0.25, -0.2) is 0 Å². The molecule has 0 radical (unpaired) electrons. The Morgan fingerprint density at radius 2 is 1.22 bits per heavy atom. The molecule has 3 rings (SSSR count). The van der Waals surface area contributed by atoms with Crippen LogP contribution in [0.3, 0.4) is 0 Å². The van der Waals surface area contributed by atoms with E-state index in [0.717, 1.165) is 0 Å². The zero-order chi connectivity index (χ0) is 19.2. The molecule has 0 saturated carbocycles. The second-order valence-electron chi connectivity index (χ2n) is 5.52. The van der Waals surface area contributed by atoms with E-state index >= 15 is 0 Å². The Kier molecular flexibility index (Phi) is 5.22. The summed E-state index contributed by atoms with van der Waals surface area (Å²) in [6, 6.07) is 15.7. The average Bonchev–Trinajstić information content (AvgIpc) is 2.72. The van der Waals surface area contributed by atoms with Crippen LogP contribution in [0.1, 0.15) is 31.1 Å². The zero-order valence-electron chi connectivity index (χ0n) is 14.0. The number of hydrogen-bond acceptors (Lipinski definition) is 5. The van der Waals surface area contributed by atoms with Gasteiger partial charge in [-0.1, -0.05) is 42.5 Å². The molecule has 0 atom stereocenters. The summed E-state index contributed by atoms with van der Waals surface area (Å²) < 4.78 is 0. The lowest BCUT2D eigenvalue weighted by Crippen LogP contribution is -2.41. The van der Waals surface area contributed by atoms with Crippen molar-refractivity contribution in [2.45, 2.75) is 0 Å². The van der Waals surface area contributed by atoms with E-state index in [1.807, 2.05) is 0 Å². The Labute approximate surface area is 154 Å². The maximum atomic E-state index is 12.6. The number of pyridine rings is 1. The van der Waals surface area contributed by atoms with Gasteiger partial charge in [-0.05, 0) is 29.3 Å². The summed E-state index contributed by atoms with van der Waals surface area (Å²) in [4.78, 5) is 39.8. The third kappa shape index (κ3) is 3.98. The summed E-state index contributed by atoms with van der Waals surface area (Å²) in [6.45, 7) is 0. The minimum absolute atomic E-state index is 0.0291. The van der Waals surface area contributed by atoms with Crippen LogP contribution in [0.15, 0.2) is 73.1 Å². The Morgan fingerprint density at radius 3 is 1.85 bits per heavy atom. The van der Waals surface area contributed by atoms with E-state index in [9.17, 15) is 19.5 Å². The first kappa shape index (κ1) is 17.8. The van der Waals surface area contributed by atoms with Gasteiger partial charge in [0.1, 0.15) is 0 Å². The van der Waals surface area contributed by atoms with E-state index in [-0.39, 0.29) is 11.1 Å². The van der Waals surface area contributed by atoms with Crippen molar-refractivity contribution in [1.82, 2.24) is 15.8 Å². The molecule has 0 spiro atoms. The fraction of sp³-hybridized carbons (Fsp3) is 0. The zero-order valence-corrected chi connectivity index (χ0v) is 14.0. The van der Waals surface area contributed by atoms with Gasteiger partial charge in [-0.2, -0.15) is 0 Å². The molecule has 1 aromatic heterocycles. The van der Waals surface area contributed by atoms with Crippen LogP contribution < -0.4 is 16.0 Å². The van der Waals surface area contributed by atoms with Gasteiger partial charge in [-0.3, -0.25) is 25.4 Å². The molecule has 2 aromatic carbocycles. The molecule has 0 saturated heterocycles. The predicted octanol–water partition coefficient (Wildman–Crippen LogP) is 1.19. The number of carbonyl (C=O) groups is 3. The molecule has 1 heterocycles. The largest absolute Gasteiger partial charge is 0.545 e. The number of hydrogen-bond donors (Lipinski definition) is 2. The van der Waals surface area contributed by atoms with Gasteiger partial charge in [-0.15, -0.1) is 0 Å². The number of nitrogens with one attached hydrogen (secondary N) is 2. The van der Waals surface area contributed by atoms with Gasteiger partial charge in [0, 0.05) is 29.1 Å². The topological polar surface area (TPSA) is 111 Å². The molecule has 2 N–H and O–H groups in total. The average molecular weight is 360 g/mol. The standard InChI is InChI=1S/C20H15N3O4/c24-18(13-9-11-21-12-10-13)22-23-19(25)16-7-3-1-5-14(16)15-6-2-4-8-17(15)20(26)27/h1-12H,(H,22,24)(H,23,25)(H,26,27)/p-1. The summed E-state index contributed by atoms with van der Waals surface area (Å²) in [7, 11) is 0. The van der Waals surface area contributed by atoms with Crippen LogP contribution in [0.25, 0.3) is 11.1 Å². The molecule has 134 valence electrons. The highest BCUT2D eigenvalue weighted by atomic mass is 16.4. The summed E-state index contributed by atoms with van der Waals surface area (Å²) in [6.07, 6.45) is 2.92. The first-order chi connectivity index (χ1) is 13.1. The number of aromatic nitrogens is 1. The van der Waals surface area contributed by atoms with Crippen molar-refractivity contribution >= 4 is 17.8 Å². The van der Waals surface area contributed by atoms with Gasteiger partial charge in [0.25, 0.3) is 11.8 Å². The molecule has 7 heteroatoms. The maximum absolute atomic E-state index is 12.6. The van der Waals surface area contributed by atoms with E-state index in [1.54, 1.807) is 36.4 Å². The normalized spacial score (nSPS) is 10.1. The van der Waals surface area contributed by atoms with E-state index in [4.69, 9.17) is 0 Å². The van der Waals surface area contributed by atoms with Crippen molar-refractivity contribution in [3.63, 3.8) is 0 Å². The Balaban J connectivity index is 1.85. The number of nitrogens with zero attached hydrogens (tertiary/aromatic N) is 1. The molecule has 0 aliphatic rings. The second kappa shape index (κ2) is 7.92. The molecule has 7 nitrogen and oxygen atoms in total. The number of amides is 2. The monoisotopic (exact) mass is 360 g/mol. The van der Waals surface area contributed by atoms with E-state index < -0.39 is 17.8 Å². The maximum Gasteiger partial charge on any atom is 0.270 e. The minimum atomic E-state index is -1.34. The predicted molar refractivity (Wildman–Crippen MR) is 95.4 cm³/mol. The van der Waals surface area contributed by atoms with Crippen molar-refractivity contribution in [1.29, 1.82) is 0 Å². The van der Waals surface area contributed by atoms with Crippen molar-refractivity contribution < 1.29 is 19.5 Å². The van der Waals surface area contributed by atoms with Gasteiger partial charge in [0.05, 0.1) is 5.97 Å². The number of benzene rings is 2. The van der Waals surface area contributed by atoms with E-state index in [0.29, 0.717) is 16.7 Å². The molecular formula is C20H14N3O4-. The van der Waals surface area contributed by atoms with Crippen molar-refractivity contribution in [3.8, 4) is 11.1 Å². The second-order valence-corrected chi connectivity index (χ2v) is 5.52. The molecule has 0 aliphatic heterocycles. The molecule has 2 amide bonds. The number of carboxylic acid groups (broad SMARTS) is 1. The molecule has 0 unspecified atom stereocenters. The van der Waals surface area contributed by atoms with Crippen LogP contribution in [0, 0.1) is 0 Å². The van der Waals surface area contributed by atoms with Gasteiger partial charge in [0.2, 0.25) is 0 Å². The lowest BCUT2D eigenvalue weighted by molar-refractivity contribution is -0.254. The lowest BCUT2D eigenvalue weighted by Gasteiger charge is -2.14. The van der Waals surface area contributed by atoms with Crippen molar-refractivity contribution in [2.24, 2.45) is 0 Å². The molecule has 3 aromatic rings. The first-order valence-corrected chi connectivity index (χ1v) is 7.98. The van der Waals surface area contributed by atoms with Crippen LogP contribution in [-0.2, 0) is 0 Å². The number of hydrazine groups is 1. The highest BCUT2D eigenvalue weighted by Gasteiger charge is 2.16. The molecule has 0 aliphatic carbocycles. The van der Waals surface area contributed by atoms with Gasteiger partial charge in [0.15, 0.2) is 0 Å². The Hall–Kier alpha value is -4.00. The Bertz CT molecular complexity index is 1000. The first-order valence-electron chi connectivity index (χ1n) is 7.98. The fourth-order valence-electron chi connectivity index (χ4n) is 2.57. The summed E-state index contributed by atoms with van der Waals surface area (Å²) >= 11 is 0. The van der Waals surface area contributed by atoms with Crippen LogP contribution in [-0.4, -0.2) is 22.8 Å². The van der Waals surface area contributed by atoms with Crippen LogP contribution in [0.5, 0.6) is 0 Å². The van der Waals surface area contributed by atoms with Crippen molar-refractivity contribution in [3.05, 3.63) is 89.7 Å². The Morgan fingerprint density at radius 1 is 0.704 bits per heavy atom. The van der Waals surface area contributed by atoms with Crippen molar-refractivity contribution in [2.75, 3.05) is 0 Å². The quantitative estimate of drug-likeness (QED) is 0.679. The van der Waals surface area contributed by atoms with Gasteiger partial charge >= 0.3 is 0 Å². The van der Waals surface area contributed by atoms with Crippen LogP contribution in [0.4, 0.5) is 0 Å². The van der Waals surface area contributed by atoms with Crippen LogP contribution >= 0.6 is 0 Å². The third-order valence-electron chi connectivity index (χ3n) is 3.84. The summed E-state index contributed by atoms with van der Waals surface area (Å²) in [5.74, 6) is -2.42. The highest BCUT2D eigenvalue weighted by molar-refractivity contribution is 6.05. The number of carbonyl (C=O) groups excluding carboxylic acids is 3. The number of carboxylic acids is 1. The minimum Gasteiger partial charge on any atom is -0.545 e. The van der Waals surface area contributed by atoms with Gasteiger partial charge < -0.3 is 9.90 Å². The molecule has 27 heavy (non-hydrogen) atoms. The molecule has 0 fully saturated rings. The number of aromatic carboxylic acids is 1. The van der Waals surface area contributed by atoms with E-state index in [2.05, 4.69) is 15.8 Å². The molecule has 0 bridgehead atoms. The number of rotatable bonds is 4.